The van der Waals surface area contributed by atoms with Gasteiger partial charge in [-0.3, -0.25) is 4.79 Å². The number of hydrogen-bond acceptors (Lipinski definition) is 4. The quantitative estimate of drug-likeness (QED) is 0.583. The number of nitrogens with zero attached hydrogens (tertiary/aromatic N) is 1. The topological polar surface area (TPSA) is 91.8 Å². The van der Waals surface area contributed by atoms with Gasteiger partial charge < -0.3 is 10.0 Å². The Bertz CT molecular complexity index is 995. The van der Waals surface area contributed by atoms with Crippen molar-refractivity contribution < 1.29 is 23.1 Å². The van der Waals surface area contributed by atoms with Gasteiger partial charge in [0.15, 0.2) is 0 Å². The number of hydrogen-bond donors (Lipinski definition) is 1. The summed E-state index contributed by atoms with van der Waals surface area (Å²) >= 11 is 0. The third-order valence-electron chi connectivity index (χ3n) is 5.20. The lowest BCUT2D eigenvalue weighted by Gasteiger charge is -2.32. The fourth-order valence-electron chi connectivity index (χ4n) is 3.42. The van der Waals surface area contributed by atoms with Crippen LogP contribution in [0.25, 0.3) is 0 Å². The molecule has 0 aliphatic heterocycles. The summed E-state index contributed by atoms with van der Waals surface area (Å²) in [5.41, 5.74) is 1.65. The first-order valence-electron chi connectivity index (χ1n) is 10.5. The molecule has 2 rings (SSSR count). The summed E-state index contributed by atoms with van der Waals surface area (Å²) in [6.07, 6.45) is 1.81. The standard InChI is InChI=1S/C24H31NO5S/c1-5-6-7-22(26)25(23(17(2)3)24(27)28)16-19-10-14-21(15-11-19)31(29,30)20-12-8-18(4)9-13-20/h8-15,17,23H,5-7,16H2,1-4H3,(H,27,28)/t23-/m0/s1. The summed E-state index contributed by atoms with van der Waals surface area (Å²) in [4.78, 5) is 26.4. The molecule has 0 unspecified atom stereocenters. The molecule has 2 aromatic carbocycles. The molecule has 0 aliphatic carbocycles. The Balaban J connectivity index is 2.30. The molecule has 0 aliphatic rings. The summed E-state index contributed by atoms with van der Waals surface area (Å²) in [5.74, 6) is -1.51. The van der Waals surface area contributed by atoms with Crippen LogP contribution in [0.15, 0.2) is 58.3 Å². The number of unbranched alkanes of at least 4 members (excludes halogenated alkanes) is 1. The molecule has 0 saturated heterocycles. The second kappa shape index (κ2) is 10.6. The Labute approximate surface area is 184 Å². The molecule has 0 heterocycles. The van der Waals surface area contributed by atoms with Crippen molar-refractivity contribution in [3.63, 3.8) is 0 Å². The van der Waals surface area contributed by atoms with Crippen LogP contribution < -0.4 is 0 Å². The van der Waals surface area contributed by atoms with Gasteiger partial charge in [-0.2, -0.15) is 0 Å². The van der Waals surface area contributed by atoms with E-state index in [2.05, 4.69) is 0 Å². The van der Waals surface area contributed by atoms with Gasteiger partial charge in [0.2, 0.25) is 15.7 Å². The van der Waals surface area contributed by atoms with Crippen LogP contribution in [-0.2, 0) is 26.0 Å². The fraction of sp³-hybridized carbons (Fsp3) is 0.417. The number of aryl methyl sites for hydroxylation is 1. The SMILES string of the molecule is CCCCC(=O)N(Cc1ccc(S(=O)(=O)c2ccc(C)cc2)cc1)[C@H](C(=O)O)C(C)C. The third kappa shape index (κ3) is 6.17. The van der Waals surface area contributed by atoms with Gasteiger partial charge in [0.1, 0.15) is 6.04 Å². The minimum Gasteiger partial charge on any atom is -0.480 e. The van der Waals surface area contributed by atoms with E-state index in [4.69, 9.17) is 0 Å². The molecule has 0 fully saturated rings. The number of sulfone groups is 1. The summed E-state index contributed by atoms with van der Waals surface area (Å²) in [6.45, 7) is 7.52. The van der Waals surface area contributed by atoms with Gasteiger partial charge in [0.05, 0.1) is 9.79 Å². The van der Waals surface area contributed by atoms with Crippen LogP contribution in [0.4, 0.5) is 0 Å². The number of carbonyl (C=O) groups excluding carboxylic acids is 1. The van der Waals surface area contributed by atoms with Gasteiger partial charge in [-0.1, -0.05) is 57.0 Å². The Morgan fingerprint density at radius 2 is 1.48 bits per heavy atom. The second-order valence-electron chi connectivity index (χ2n) is 8.11. The van der Waals surface area contributed by atoms with Gasteiger partial charge >= 0.3 is 5.97 Å². The van der Waals surface area contributed by atoms with E-state index in [-0.39, 0.29) is 34.6 Å². The molecule has 0 radical (unpaired) electrons. The molecule has 0 aromatic heterocycles. The second-order valence-corrected chi connectivity index (χ2v) is 10.1. The van der Waals surface area contributed by atoms with Crippen molar-refractivity contribution in [3.05, 3.63) is 59.7 Å². The minimum absolute atomic E-state index is 0.114. The van der Waals surface area contributed by atoms with Crippen LogP contribution in [-0.4, -0.2) is 36.3 Å². The lowest BCUT2D eigenvalue weighted by Crippen LogP contribution is -2.47. The summed E-state index contributed by atoms with van der Waals surface area (Å²) in [6, 6.07) is 12.0. The summed E-state index contributed by atoms with van der Waals surface area (Å²) in [7, 11) is -3.65. The maximum absolute atomic E-state index is 12.8. The van der Waals surface area contributed by atoms with E-state index in [9.17, 15) is 23.1 Å². The average Bonchev–Trinajstić information content (AvgIpc) is 2.71. The van der Waals surface area contributed by atoms with Crippen molar-refractivity contribution in [2.45, 2.75) is 69.3 Å². The van der Waals surface area contributed by atoms with E-state index in [1.807, 2.05) is 13.8 Å². The Kier molecular flexibility index (Phi) is 8.39. The van der Waals surface area contributed by atoms with Crippen LogP contribution in [0.5, 0.6) is 0 Å². The van der Waals surface area contributed by atoms with E-state index in [0.717, 1.165) is 12.0 Å². The molecule has 0 spiro atoms. The van der Waals surface area contributed by atoms with E-state index in [1.165, 1.54) is 17.0 Å². The van der Waals surface area contributed by atoms with E-state index in [1.54, 1.807) is 50.2 Å². The molecule has 0 saturated carbocycles. The lowest BCUT2D eigenvalue weighted by molar-refractivity contribution is -0.153. The van der Waals surface area contributed by atoms with Crippen molar-refractivity contribution in [3.8, 4) is 0 Å². The van der Waals surface area contributed by atoms with Crippen molar-refractivity contribution in [2.75, 3.05) is 0 Å². The van der Waals surface area contributed by atoms with Crippen LogP contribution in [0, 0.1) is 12.8 Å². The summed E-state index contributed by atoms with van der Waals surface area (Å²) in [5, 5.41) is 9.69. The predicted octanol–water partition coefficient (Wildman–Crippen LogP) is 4.46. The molecule has 1 amide bonds. The number of rotatable bonds is 10. The van der Waals surface area contributed by atoms with E-state index >= 15 is 0 Å². The predicted molar refractivity (Wildman–Crippen MR) is 119 cm³/mol. The zero-order valence-corrected chi connectivity index (χ0v) is 19.4. The van der Waals surface area contributed by atoms with Gasteiger partial charge in [-0.15, -0.1) is 0 Å². The van der Waals surface area contributed by atoms with Crippen molar-refractivity contribution in [1.29, 1.82) is 0 Å². The van der Waals surface area contributed by atoms with Crippen molar-refractivity contribution in [1.82, 2.24) is 4.90 Å². The largest absolute Gasteiger partial charge is 0.480 e. The number of amides is 1. The summed E-state index contributed by atoms with van der Waals surface area (Å²) < 4.78 is 25.7. The number of benzene rings is 2. The third-order valence-corrected chi connectivity index (χ3v) is 6.99. The highest BCUT2D eigenvalue weighted by Gasteiger charge is 2.32. The lowest BCUT2D eigenvalue weighted by atomic mass is 10.0. The van der Waals surface area contributed by atoms with Crippen LogP contribution >= 0.6 is 0 Å². The van der Waals surface area contributed by atoms with Crippen LogP contribution in [0.1, 0.15) is 51.2 Å². The Morgan fingerprint density at radius 1 is 0.968 bits per heavy atom. The van der Waals surface area contributed by atoms with Crippen molar-refractivity contribution >= 4 is 21.7 Å². The van der Waals surface area contributed by atoms with Gasteiger partial charge in [0.25, 0.3) is 0 Å². The van der Waals surface area contributed by atoms with Crippen LogP contribution in [0.3, 0.4) is 0 Å². The highest BCUT2D eigenvalue weighted by molar-refractivity contribution is 7.91. The molecular weight excluding hydrogens is 414 g/mol. The number of aliphatic carboxylic acids is 1. The number of carbonyl (C=O) groups is 2. The molecule has 31 heavy (non-hydrogen) atoms. The Morgan fingerprint density at radius 3 is 1.94 bits per heavy atom. The van der Waals surface area contributed by atoms with E-state index < -0.39 is 21.8 Å². The molecule has 1 atom stereocenters. The van der Waals surface area contributed by atoms with Crippen LogP contribution in [0.2, 0.25) is 0 Å². The monoisotopic (exact) mass is 445 g/mol. The minimum atomic E-state index is -3.65. The first-order chi connectivity index (χ1) is 14.6. The molecule has 0 bridgehead atoms. The molecule has 6 nitrogen and oxygen atoms in total. The number of carboxylic acid groups (broad SMARTS) is 1. The zero-order valence-electron chi connectivity index (χ0n) is 18.5. The maximum Gasteiger partial charge on any atom is 0.326 e. The molecular formula is C24H31NO5S. The highest BCUT2D eigenvalue weighted by Crippen LogP contribution is 2.23. The Hall–Kier alpha value is -2.67. The molecule has 7 heteroatoms. The van der Waals surface area contributed by atoms with Crippen molar-refractivity contribution in [2.24, 2.45) is 5.92 Å². The van der Waals surface area contributed by atoms with Gasteiger partial charge in [0, 0.05) is 13.0 Å². The van der Waals surface area contributed by atoms with Gasteiger partial charge in [-0.25, -0.2) is 13.2 Å². The van der Waals surface area contributed by atoms with E-state index in [0.29, 0.717) is 12.0 Å². The molecule has 2 aromatic rings. The zero-order chi connectivity index (χ0) is 23.2. The highest BCUT2D eigenvalue weighted by atomic mass is 32.2. The maximum atomic E-state index is 12.8. The molecule has 168 valence electrons. The first kappa shape index (κ1) is 24.6. The first-order valence-corrected chi connectivity index (χ1v) is 12.0. The molecule has 1 N–H and O–H groups in total. The van der Waals surface area contributed by atoms with Gasteiger partial charge in [-0.05, 0) is 49.1 Å². The fourth-order valence-corrected chi connectivity index (χ4v) is 4.68. The average molecular weight is 446 g/mol. The number of carboxylic acids is 1. The normalized spacial score (nSPS) is 12.5. The smallest absolute Gasteiger partial charge is 0.326 e.